The maximum atomic E-state index is 12.4. The van der Waals surface area contributed by atoms with Crippen LogP contribution < -0.4 is 25.3 Å². The number of hydroxylamine groups is 1. The first kappa shape index (κ1) is 30.6. The fourth-order valence-electron chi connectivity index (χ4n) is 5.79. The maximum absolute atomic E-state index is 12.4. The van der Waals surface area contributed by atoms with Crippen LogP contribution in [0.15, 0.2) is 85.7 Å². The van der Waals surface area contributed by atoms with Crippen LogP contribution in [0.3, 0.4) is 0 Å². The second-order valence-electron chi connectivity index (χ2n) is 11.2. The molecule has 2 fully saturated rings. The number of aromatic nitrogens is 2. The van der Waals surface area contributed by atoms with Crippen LogP contribution in [0.1, 0.15) is 23.6 Å². The van der Waals surface area contributed by atoms with Crippen molar-refractivity contribution >= 4 is 34.6 Å². The quantitative estimate of drug-likeness (QED) is 0.233. The van der Waals surface area contributed by atoms with E-state index in [0.29, 0.717) is 40.9 Å². The summed E-state index contributed by atoms with van der Waals surface area (Å²) in [5.41, 5.74) is 5.87. The highest BCUT2D eigenvalue weighted by Crippen LogP contribution is 2.40. The molecule has 4 aromatic rings. The summed E-state index contributed by atoms with van der Waals surface area (Å²) >= 11 is 0. The average molecular weight is 617 g/mol. The lowest BCUT2D eigenvalue weighted by atomic mass is 9.97. The minimum atomic E-state index is -0.296. The first-order chi connectivity index (χ1) is 22.4. The van der Waals surface area contributed by atoms with E-state index < -0.39 is 0 Å². The molecule has 11 heteroatoms. The van der Waals surface area contributed by atoms with E-state index in [1.54, 1.807) is 13.2 Å². The van der Waals surface area contributed by atoms with Crippen LogP contribution in [0.2, 0.25) is 0 Å². The van der Waals surface area contributed by atoms with E-state index in [0.717, 1.165) is 55.0 Å². The number of ether oxygens (including phenoxy) is 1. The predicted octanol–water partition coefficient (Wildman–Crippen LogP) is 5.53. The number of hydrogen-bond donors (Lipinski definition) is 2. The smallest absolute Gasteiger partial charge is 0.247 e. The molecule has 1 aromatic heterocycles. The van der Waals surface area contributed by atoms with E-state index >= 15 is 0 Å². The topological polar surface area (TPSA) is 119 Å². The van der Waals surface area contributed by atoms with Crippen molar-refractivity contribution in [3.63, 3.8) is 0 Å². The van der Waals surface area contributed by atoms with Crippen molar-refractivity contribution in [1.29, 1.82) is 5.26 Å². The van der Waals surface area contributed by atoms with Crippen LogP contribution in [0.5, 0.6) is 5.75 Å². The number of methoxy groups -OCH3 is 1. The fourth-order valence-corrected chi connectivity index (χ4v) is 5.79. The van der Waals surface area contributed by atoms with E-state index in [4.69, 9.17) is 9.57 Å². The van der Waals surface area contributed by atoms with Crippen molar-refractivity contribution in [2.45, 2.75) is 12.5 Å². The van der Waals surface area contributed by atoms with Crippen LogP contribution >= 0.6 is 0 Å². The van der Waals surface area contributed by atoms with Gasteiger partial charge >= 0.3 is 0 Å². The molecule has 0 spiro atoms. The van der Waals surface area contributed by atoms with Crippen molar-refractivity contribution in [2.75, 3.05) is 67.5 Å². The Morgan fingerprint density at radius 3 is 2.59 bits per heavy atom. The average Bonchev–Trinajstić information content (AvgIpc) is 3.59. The summed E-state index contributed by atoms with van der Waals surface area (Å²) in [5, 5.41) is 17.5. The maximum Gasteiger partial charge on any atom is 0.247 e. The third kappa shape index (κ3) is 6.63. The monoisotopic (exact) mass is 616 g/mol. The van der Waals surface area contributed by atoms with Crippen LogP contribution in [-0.2, 0) is 9.63 Å². The Labute approximate surface area is 268 Å². The molecule has 6 rings (SSSR count). The number of amides is 1. The highest BCUT2D eigenvalue weighted by atomic mass is 16.7. The van der Waals surface area contributed by atoms with Crippen molar-refractivity contribution in [2.24, 2.45) is 0 Å². The minimum absolute atomic E-state index is 0.0695. The van der Waals surface area contributed by atoms with Gasteiger partial charge < -0.3 is 25.2 Å². The van der Waals surface area contributed by atoms with Gasteiger partial charge in [0.05, 0.1) is 48.5 Å². The Kier molecular flexibility index (Phi) is 9.10. The van der Waals surface area contributed by atoms with E-state index in [1.807, 2.05) is 53.6 Å². The molecule has 2 aliphatic heterocycles. The van der Waals surface area contributed by atoms with Gasteiger partial charge in [-0.25, -0.2) is 15.0 Å². The summed E-state index contributed by atoms with van der Waals surface area (Å²) in [4.78, 5) is 32.0. The minimum Gasteiger partial charge on any atom is -0.494 e. The molecule has 2 saturated heterocycles. The predicted molar refractivity (Wildman–Crippen MR) is 179 cm³/mol. The molecule has 2 aliphatic rings. The molecule has 2 N–H and O–H groups in total. The highest BCUT2D eigenvalue weighted by molar-refractivity contribution is 6.02. The summed E-state index contributed by atoms with van der Waals surface area (Å²) in [6, 6.07) is 23.6. The summed E-state index contributed by atoms with van der Waals surface area (Å²) in [6.45, 7) is 7.64. The highest BCUT2D eigenvalue weighted by Gasteiger charge is 2.30. The number of nitrogens with one attached hydrogen (secondary N) is 2. The number of piperazine rings is 1. The van der Waals surface area contributed by atoms with Gasteiger partial charge in [0, 0.05) is 44.7 Å². The molecule has 46 heavy (non-hydrogen) atoms. The van der Waals surface area contributed by atoms with E-state index in [9.17, 15) is 10.1 Å². The normalized spacial score (nSPS) is 16.5. The van der Waals surface area contributed by atoms with Gasteiger partial charge in [-0.1, -0.05) is 36.9 Å². The van der Waals surface area contributed by atoms with Gasteiger partial charge in [0.15, 0.2) is 5.82 Å². The molecular weight excluding hydrogens is 580 g/mol. The summed E-state index contributed by atoms with van der Waals surface area (Å²) in [5.74, 6) is 1.45. The largest absolute Gasteiger partial charge is 0.494 e. The van der Waals surface area contributed by atoms with Gasteiger partial charge in [0.1, 0.15) is 17.9 Å². The molecule has 1 unspecified atom stereocenters. The molecule has 234 valence electrons. The second kappa shape index (κ2) is 13.7. The standard InChI is InChI=1S/C35H36N8O3/c1-4-35(44)40-28-19-29(32(45-3)20-31(28)42-14-12-41(2)13-15-42)39-33-21-34(38-23-37-33)43-30(11-16-46-43)27-10-6-9-26(18-27)25-8-5-7-24(17-25)22-36/h4-10,17-21,23,30H,1,11-16H2,2-3H3,(H,40,44)(H,37,38,39). The van der Waals surface area contributed by atoms with Crippen LogP contribution in [-0.4, -0.2) is 67.7 Å². The molecule has 1 atom stereocenters. The zero-order valence-electron chi connectivity index (χ0n) is 25.9. The van der Waals surface area contributed by atoms with E-state index in [-0.39, 0.29) is 11.9 Å². The van der Waals surface area contributed by atoms with Gasteiger partial charge in [0.2, 0.25) is 5.91 Å². The van der Waals surface area contributed by atoms with Crippen LogP contribution in [0, 0.1) is 11.3 Å². The fraction of sp³-hybridized carbons (Fsp3) is 0.257. The van der Waals surface area contributed by atoms with Gasteiger partial charge in [-0.05, 0) is 54.1 Å². The lowest BCUT2D eigenvalue weighted by molar-refractivity contribution is -0.111. The Bertz CT molecular complexity index is 1780. The van der Waals surface area contributed by atoms with Crippen molar-refractivity contribution in [3.8, 4) is 22.9 Å². The molecule has 0 radical (unpaired) electrons. The Morgan fingerprint density at radius 1 is 1.04 bits per heavy atom. The van der Waals surface area contributed by atoms with Crippen molar-refractivity contribution < 1.29 is 14.4 Å². The lowest BCUT2D eigenvalue weighted by Crippen LogP contribution is -2.44. The molecular formula is C35H36N8O3. The Balaban J connectivity index is 1.27. The first-order valence-corrected chi connectivity index (χ1v) is 15.2. The second-order valence-corrected chi connectivity index (χ2v) is 11.2. The Morgan fingerprint density at radius 2 is 1.83 bits per heavy atom. The summed E-state index contributed by atoms with van der Waals surface area (Å²) in [6.07, 6.45) is 3.53. The van der Waals surface area contributed by atoms with E-state index in [1.165, 1.54) is 12.4 Å². The molecule has 0 saturated carbocycles. The molecule has 1 amide bonds. The molecule has 0 bridgehead atoms. The van der Waals surface area contributed by atoms with Gasteiger partial charge in [-0.3, -0.25) is 9.63 Å². The lowest BCUT2D eigenvalue weighted by Gasteiger charge is -2.35. The summed E-state index contributed by atoms with van der Waals surface area (Å²) < 4.78 is 5.79. The number of nitriles is 1. The van der Waals surface area contributed by atoms with Crippen LogP contribution in [0.25, 0.3) is 11.1 Å². The number of nitrogens with zero attached hydrogens (tertiary/aromatic N) is 6. The van der Waals surface area contributed by atoms with Gasteiger partial charge in [-0.2, -0.15) is 5.26 Å². The number of carbonyl (C=O) groups excluding carboxylic acids is 1. The molecule has 11 nitrogen and oxygen atoms in total. The van der Waals surface area contributed by atoms with Gasteiger partial charge in [0.25, 0.3) is 0 Å². The van der Waals surface area contributed by atoms with Crippen molar-refractivity contribution in [1.82, 2.24) is 14.9 Å². The first-order valence-electron chi connectivity index (χ1n) is 15.2. The summed E-state index contributed by atoms with van der Waals surface area (Å²) in [7, 11) is 3.72. The third-order valence-electron chi connectivity index (χ3n) is 8.25. The Hall–Kier alpha value is -5.44. The van der Waals surface area contributed by atoms with Crippen molar-refractivity contribution in [3.05, 3.63) is 96.8 Å². The molecule has 3 aromatic carbocycles. The number of anilines is 5. The zero-order valence-corrected chi connectivity index (χ0v) is 25.9. The number of likely N-dealkylation sites (N-methyl/N-ethyl adjacent to an activating group) is 1. The number of rotatable bonds is 9. The third-order valence-corrected chi connectivity index (χ3v) is 8.25. The number of hydrogen-bond acceptors (Lipinski definition) is 10. The van der Waals surface area contributed by atoms with E-state index in [2.05, 4.69) is 62.2 Å². The number of benzene rings is 3. The molecule has 0 aliphatic carbocycles. The number of carbonyl (C=O) groups is 1. The molecule has 3 heterocycles. The SMILES string of the molecule is C=CC(=O)Nc1cc(Nc2cc(N3OCCC3c3cccc(-c4cccc(C#N)c4)c3)ncn2)c(OC)cc1N1CCN(C)CC1. The van der Waals surface area contributed by atoms with Gasteiger partial charge in [-0.15, -0.1) is 0 Å². The van der Waals surface area contributed by atoms with Crippen LogP contribution in [0.4, 0.5) is 28.7 Å². The zero-order chi connectivity index (χ0) is 32.0.